The Labute approximate surface area is 156 Å². The summed E-state index contributed by atoms with van der Waals surface area (Å²) in [6.07, 6.45) is -0.601. The zero-order valence-electron chi connectivity index (χ0n) is 14.7. The lowest BCUT2D eigenvalue weighted by Gasteiger charge is -2.14. The number of carbonyl (C=O) groups is 2. The number of ether oxygens (including phenoxy) is 1. The van der Waals surface area contributed by atoms with Gasteiger partial charge < -0.3 is 10.1 Å². The van der Waals surface area contributed by atoms with E-state index in [2.05, 4.69) is 15.4 Å². The predicted molar refractivity (Wildman–Crippen MR) is 97.4 cm³/mol. The summed E-state index contributed by atoms with van der Waals surface area (Å²) >= 11 is 0. The lowest BCUT2D eigenvalue weighted by molar-refractivity contribution is -0.120. The van der Waals surface area contributed by atoms with Crippen molar-refractivity contribution in [2.24, 2.45) is 0 Å². The Hall–Kier alpha value is -2.94. The molecule has 1 atom stereocenters. The molecule has 0 fully saturated rings. The molecule has 0 heterocycles. The van der Waals surface area contributed by atoms with Crippen molar-refractivity contribution < 1.29 is 27.1 Å². The molecule has 0 aliphatic rings. The third-order valence-corrected chi connectivity index (χ3v) is 5.90. The second-order valence-electron chi connectivity index (χ2n) is 5.67. The first-order valence-electron chi connectivity index (χ1n) is 7.95. The molecule has 2 aromatic carbocycles. The van der Waals surface area contributed by atoms with Gasteiger partial charge in [-0.05, 0) is 48.9 Å². The first-order valence-corrected chi connectivity index (χ1v) is 9.49. The SMILES string of the molecule is COC(=O)Nc1ccc(CNC(=O)[C@@H](C)S(=O)(=O)c2ccc(F)cc2)cc1. The van der Waals surface area contributed by atoms with Gasteiger partial charge in [0.2, 0.25) is 5.91 Å². The zero-order chi connectivity index (χ0) is 20.0. The van der Waals surface area contributed by atoms with E-state index in [1.165, 1.54) is 14.0 Å². The van der Waals surface area contributed by atoms with Crippen molar-refractivity contribution in [3.63, 3.8) is 0 Å². The van der Waals surface area contributed by atoms with Crippen molar-refractivity contribution >= 4 is 27.5 Å². The molecule has 0 bridgehead atoms. The van der Waals surface area contributed by atoms with Crippen LogP contribution in [0.4, 0.5) is 14.9 Å². The molecule has 2 amide bonds. The van der Waals surface area contributed by atoms with Gasteiger partial charge in [-0.1, -0.05) is 12.1 Å². The Morgan fingerprint density at radius 3 is 2.22 bits per heavy atom. The van der Waals surface area contributed by atoms with Crippen molar-refractivity contribution in [3.8, 4) is 0 Å². The number of hydrogen-bond donors (Lipinski definition) is 2. The fraction of sp³-hybridized carbons (Fsp3) is 0.222. The first-order chi connectivity index (χ1) is 12.7. The van der Waals surface area contributed by atoms with Gasteiger partial charge in [0, 0.05) is 12.2 Å². The molecule has 0 saturated heterocycles. The van der Waals surface area contributed by atoms with Crippen molar-refractivity contribution in [1.29, 1.82) is 0 Å². The summed E-state index contributed by atoms with van der Waals surface area (Å²) in [5.74, 6) is -1.23. The molecule has 144 valence electrons. The molecule has 0 aliphatic carbocycles. The van der Waals surface area contributed by atoms with Crippen LogP contribution in [0.5, 0.6) is 0 Å². The minimum absolute atomic E-state index is 0.112. The maximum atomic E-state index is 13.0. The van der Waals surface area contributed by atoms with Crippen LogP contribution in [0.1, 0.15) is 12.5 Å². The van der Waals surface area contributed by atoms with Gasteiger partial charge in [0.15, 0.2) is 9.84 Å². The molecule has 27 heavy (non-hydrogen) atoms. The van der Waals surface area contributed by atoms with Crippen LogP contribution in [0.25, 0.3) is 0 Å². The summed E-state index contributed by atoms with van der Waals surface area (Å²) in [4.78, 5) is 23.2. The summed E-state index contributed by atoms with van der Waals surface area (Å²) in [6.45, 7) is 1.39. The highest BCUT2D eigenvalue weighted by atomic mass is 32.2. The molecule has 0 aromatic heterocycles. The van der Waals surface area contributed by atoms with Gasteiger partial charge in [0.05, 0.1) is 12.0 Å². The van der Waals surface area contributed by atoms with Crippen LogP contribution < -0.4 is 10.6 Å². The van der Waals surface area contributed by atoms with E-state index < -0.39 is 32.9 Å². The number of rotatable bonds is 6. The van der Waals surface area contributed by atoms with Gasteiger partial charge in [-0.25, -0.2) is 17.6 Å². The number of hydrogen-bond acceptors (Lipinski definition) is 5. The number of sulfone groups is 1. The van der Waals surface area contributed by atoms with Gasteiger partial charge in [-0.15, -0.1) is 0 Å². The maximum absolute atomic E-state index is 13.0. The molecule has 0 radical (unpaired) electrons. The Morgan fingerprint density at radius 2 is 1.67 bits per heavy atom. The second kappa shape index (κ2) is 8.63. The topological polar surface area (TPSA) is 102 Å². The summed E-state index contributed by atoms with van der Waals surface area (Å²) in [5, 5.41) is 3.71. The Morgan fingerprint density at radius 1 is 1.07 bits per heavy atom. The number of amides is 2. The lowest BCUT2D eigenvalue weighted by Crippen LogP contribution is -2.37. The molecule has 9 heteroatoms. The van der Waals surface area contributed by atoms with Crippen LogP contribution in [0.3, 0.4) is 0 Å². The molecule has 0 spiro atoms. The van der Waals surface area contributed by atoms with Crippen molar-refractivity contribution in [2.75, 3.05) is 12.4 Å². The smallest absolute Gasteiger partial charge is 0.411 e. The van der Waals surface area contributed by atoms with E-state index in [-0.39, 0.29) is 11.4 Å². The standard InChI is InChI=1S/C18H19FN2O5S/c1-12(27(24,25)16-9-5-14(19)6-10-16)17(22)20-11-13-3-7-15(8-4-13)21-18(23)26-2/h3-10,12H,11H2,1-2H3,(H,20,22)(H,21,23)/t12-/m1/s1. The molecule has 2 aromatic rings. The van der Waals surface area contributed by atoms with Crippen LogP contribution in [-0.2, 0) is 25.9 Å². The van der Waals surface area contributed by atoms with Gasteiger partial charge in [-0.3, -0.25) is 10.1 Å². The summed E-state index contributed by atoms with van der Waals surface area (Å²) < 4.78 is 42.3. The number of benzene rings is 2. The van der Waals surface area contributed by atoms with E-state index in [0.717, 1.165) is 24.3 Å². The number of carbonyl (C=O) groups excluding carboxylic acids is 2. The Bertz CT molecular complexity index is 912. The van der Waals surface area contributed by atoms with Crippen molar-refractivity contribution in [1.82, 2.24) is 5.32 Å². The molecule has 7 nitrogen and oxygen atoms in total. The molecular formula is C18H19FN2O5S. The van der Waals surface area contributed by atoms with Crippen LogP contribution in [0.15, 0.2) is 53.4 Å². The summed E-state index contributed by atoms with van der Waals surface area (Å²) in [7, 11) is -2.67. The number of nitrogens with one attached hydrogen (secondary N) is 2. The average molecular weight is 394 g/mol. The van der Waals surface area contributed by atoms with Crippen LogP contribution in [0.2, 0.25) is 0 Å². The number of methoxy groups -OCH3 is 1. The van der Waals surface area contributed by atoms with E-state index in [1.54, 1.807) is 24.3 Å². The minimum Gasteiger partial charge on any atom is -0.453 e. The molecule has 0 saturated carbocycles. The third kappa shape index (κ3) is 5.27. The van der Waals surface area contributed by atoms with Gasteiger partial charge >= 0.3 is 6.09 Å². The van der Waals surface area contributed by atoms with Crippen LogP contribution >= 0.6 is 0 Å². The fourth-order valence-electron chi connectivity index (χ4n) is 2.18. The van der Waals surface area contributed by atoms with Crippen molar-refractivity contribution in [3.05, 3.63) is 59.9 Å². The lowest BCUT2D eigenvalue weighted by atomic mass is 10.2. The molecule has 2 N–H and O–H groups in total. The quantitative estimate of drug-likeness (QED) is 0.733. The van der Waals surface area contributed by atoms with E-state index in [9.17, 15) is 22.4 Å². The van der Waals surface area contributed by atoms with Crippen LogP contribution in [-0.4, -0.2) is 32.8 Å². The van der Waals surface area contributed by atoms with Gasteiger partial charge in [-0.2, -0.15) is 0 Å². The highest BCUT2D eigenvalue weighted by molar-refractivity contribution is 7.92. The van der Waals surface area contributed by atoms with E-state index >= 15 is 0 Å². The van der Waals surface area contributed by atoms with E-state index in [0.29, 0.717) is 11.3 Å². The monoisotopic (exact) mass is 394 g/mol. The molecular weight excluding hydrogens is 375 g/mol. The first kappa shape index (κ1) is 20.4. The van der Waals surface area contributed by atoms with Gasteiger partial charge in [0.1, 0.15) is 11.1 Å². The van der Waals surface area contributed by atoms with Gasteiger partial charge in [0.25, 0.3) is 0 Å². The highest BCUT2D eigenvalue weighted by Gasteiger charge is 2.29. The molecule has 0 aliphatic heterocycles. The molecule has 2 rings (SSSR count). The predicted octanol–water partition coefficient (Wildman–Crippen LogP) is 2.48. The largest absolute Gasteiger partial charge is 0.453 e. The zero-order valence-corrected chi connectivity index (χ0v) is 15.5. The summed E-state index contributed by atoms with van der Waals surface area (Å²) in [6, 6.07) is 10.9. The Balaban J connectivity index is 1.98. The van der Waals surface area contributed by atoms with Crippen molar-refractivity contribution in [2.45, 2.75) is 23.6 Å². The van der Waals surface area contributed by atoms with E-state index in [1.807, 2.05) is 0 Å². The fourth-order valence-corrected chi connectivity index (χ4v) is 3.47. The van der Waals surface area contributed by atoms with Crippen LogP contribution in [0, 0.1) is 5.82 Å². The Kier molecular flexibility index (Phi) is 6.51. The number of halogens is 1. The highest BCUT2D eigenvalue weighted by Crippen LogP contribution is 2.17. The summed E-state index contributed by atoms with van der Waals surface area (Å²) in [5.41, 5.74) is 1.23. The normalized spacial score (nSPS) is 12.1. The minimum atomic E-state index is -3.92. The maximum Gasteiger partial charge on any atom is 0.411 e. The van der Waals surface area contributed by atoms with E-state index in [4.69, 9.17) is 0 Å². The molecule has 0 unspecified atom stereocenters. The third-order valence-electron chi connectivity index (χ3n) is 3.83. The second-order valence-corrected chi connectivity index (χ2v) is 7.94. The number of anilines is 1. The average Bonchev–Trinajstić information content (AvgIpc) is 2.66.